The number of nitro benzene ring substituents is 1. The van der Waals surface area contributed by atoms with Crippen LogP contribution in [-0.4, -0.2) is 27.3 Å². The van der Waals surface area contributed by atoms with Gasteiger partial charge in [-0.05, 0) is 45.0 Å². The van der Waals surface area contributed by atoms with Gasteiger partial charge in [-0.3, -0.25) is 10.1 Å². The molecule has 0 fully saturated rings. The van der Waals surface area contributed by atoms with Crippen molar-refractivity contribution in [2.24, 2.45) is 10.2 Å². The molecule has 9 heteroatoms. The van der Waals surface area contributed by atoms with E-state index in [1.165, 1.54) is 12.1 Å². The molecule has 3 aromatic rings. The normalized spacial score (nSPS) is 11.0. The molecule has 0 spiro atoms. The average molecular weight is 393 g/mol. The van der Waals surface area contributed by atoms with Crippen molar-refractivity contribution in [3.05, 3.63) is 75.6 Å². The highest BCUT2D eigenvalue weighted by atomic mass is 16.6. The molecule has 0 atom stereocenters. The Morgan fingerprint density at radius 3 is 2.66 bits per heavy atom. The van der Waals surface area contributed by atoms with Gasteiger partial charge in [-0.25, -0.2) is 9.48 Å². The molecule has 1 aromatic heterocycles. The number of hydrogen-bond donors (Lipinski definition) is 0. The summed E-state index contributed by atoms with van der Waals surface area (Å²) in [6, 6.07) is 12.9. The molecule has 148 valence electrons. The number of aryl methyl sites for hydroxylation is 1. The number of rotatable bonds is 6. The molecule has 0 amide bonds. The highest BCUT2D eigenvalue weighted by Gasteiger charge is 2.15. The van der Waals surface area contributed by atoms with Crippen LogP contribution in [0.15, 0.2) is 58.8 Å². The van der Waals surface area contributed by atoms with Gasteiger partial charge in [0.2, 0.25) is 0 Å². The maximum absolute atomic E-state index is 12.0. The van der Waals surface area contributed by atoms with E-state index in [2.05, 4.69) is 15.3 Å². The van der Waals surface area contributed by atoms with Crippen molar-refractivity contribution in [3.63, 3.8) is 0 Å². The zero-order valence-corrected chi connectivity index (χ0v) is 16.2. The Bertz CT molecular complexity index is 1100. The number of non-ortho nitro benzene ring substituents is 1. The second-order valence-electron chi connectivity index (χ2n) is 6.18. The zero-order valence-electron chi connectivity index (χ0n) is 16.2. The Morgan fingerprint density at radius 2 is 1.93 bits per heavy atom. The average Bonchev–Trinajstić information content (AvgIpc) is 3.00. The van der Waals surface area contributed by atoms with Crippen molar-refractivity contribution in [3.8, 4) is 5.69 Å². The van der Waals surface area contributed by atoms with Crippen molar-refractivity contribution in [1.82, 2.24) is 9.78 Å². The first-order chi connectivity index (χ1) is 13.9. The summed E-state index contributed by atoms with van der Waals surface area (Å²) in [6.07, 6.45) is 0. The number of benzene rings is 2. The third-order valence-electron chi connectivity index (χ3n) is 4.16. The standard InChI is InChI=1S/C20H19N5O4/c1-4-29-20(26)15-7-5-9-17(11-15)24-14(3)19(13(2)23-24)22-21-16-8-6-10-18(12-16)25(27)28/h5-12H,4H2,1-3H3. The fourth-order valence-electron chi connectivity index (χ4n) is 2.79. The van der Waals surface area contributed by atoms with Crippen LogP contribution in [0, 0.1) is 24.0 Å². The summed E-state index contributed by atoms with van der Waals surface area (Å²) < 4.78 is 6.71. The second-order valence-corrected chi connectivity index (χ2v) is 6.18. The smallest absolute Gasteiger partial charge is 0.338 e. The highest BCUT2D eigenvalue weighted by Crippen LogP contribution is 2.29. The summed E-state index contributed by atoms with van der Waals surface area (Å²) in [7, 11) is 0. The van der Waals surface area contributed by atoms with E-state index in [1.807, 2.05) is 13.0 Å². The number of ether oxygens (including phenoxy) is 1. The van der Waals surface area contributed by atoms with Crippen LogP contribution < -0.4 is 0 Å². The minimum atomic E-state index is -0.482. The van der Waals surface area contributed by atoms with Gasteiger partial charge in [0.1, 0.15) is 5.69 Å². The van der Waals surface area contributed by atoms with Crippen LogP contribution in [0.25, 0.3) is 5.69 Å². The van der Waals surface area contributed by atoms with Gasteiger partial charge in [-0.1, -0.05) is 12.1 Å². The Balaban J connectivity index is 1.93. The van der Waals surface area contributed by atoms with Gasteiger partial charge >= 0.3 is 5.97 Å². The number of nitrogens with zero attached hydrogens (tertiary/aromatic N) is 5. The first-order valence-electron chi connectivity index (χ1n) is 8.90. The van der Waals surface area contributed by atoms with Gasteiger partial charge in [-0.2, -0.15) is 10.2 Å². The van der Waals surface area contributed by atoms with Crippen LogP contribution in [0.5, 0.6) is 0 Å². The third kappa shape index (κ3) is 4.34. The summed E-state index contributed by atoms with van der Waals surface area (Å²) in [6.45, 7) is 5.67. The molecule has 0 saturated carbocycles. The molecule has 1 heterocycles. The number of carbonyl (C=O) groups is 1. The lowest BCUT2D eigenvalue weighted by Gasteiger charge is -2.07. The maximum atomic E-state index is 12.0. The molecule has 2 aromatic carbocycles. The third-order valence-corrected chi connectivity index (χ3v) is 4.16. The van der Waals surface area contributed by atoms with E-state index in [0.29, 0.717) is 34.9 Å². The van der Waals surface area contributed by atoms with Crippen molar-refractivity contribution < 1.29 is 14.5 Å². The summed E-state index contributed by atoms with van der Waals surface area (Å²) in [5.74, 6) is -0.401. The van der Waals surface area contributed by atoms with E-state index >= 15 is 0 Å². The van der Waals surface area contributed by atoms with Crippen LogP contribution in [0.3, 0.4) is 0 Å². The van der Waals surface area contributed by atoms with E-state index in [0.717, 1.165) is 5.69 Å². The summed E-state index contributed by atoms with van der Waals surface area (Å²) in [5, 5.41) is 23.7. The molecule has 9 nitrogen and oxygen atoms in total. The fraction of sp³-hybridized carbons (Fsp3) is 0.200. The lowest BCUT2D eigenvalue weighted by Crippen LogP contribution is -2.06. The summed E-state index contributed by atoms with van der Waals surface area (Å²) >= 11 is 0. The van der Waals surface area contributed by atoms with E-state index in [-0.39, 0.29) is 5.69 Å². The number of esters is 1. The van der Waals surface area contributed by atoms with Crippen LogP contribution in [-0.2, 0) is 4.74 Å². The molecule has 0 aliphatic heterocycles. The molecular weight excluding hydrogens is 374 g/mol. The van der Waals surface area contributed by atoms with Crippen LogP contribution >= 0.6 is 0 Å². The first-order valence-corrected chi connectivity index (χ1v) is 8.90. The molecule has 0 N–H and O–H groups in total. The van der Waals surface area contributed by atoms with E-state index in [1.54, 1.807) is 48.9 Å². The van der Waals surface area contributed by atoms with Crippen molar-refractivity contribution in [2.45, 2.75) is 20.8 Å². The molecule has 29 heavy (non-hydrogen) atoms. The van der Waals surface area contributed by atoms with E-state index < -0.39 is 10.9 Å². The van der Waals surface area contributed by atoms with Crippen LogP contribution in [0.4, 0.5) is 17.1 Å². The lowest BCUT2D eigenvalue weighted by molar-refractivity contribution is -0.384. The fourth-order valence-corrected chi connectivity index (χ4v) is 2.79. The number of nitro groups is 1. The molecular formula is C20H19N5O4. The van der Waals surface area contributed by atoms with Crippen molar-refractivity contribution in [1.29, 1.82) is 0 Å². The Morgan fingerprint density at radius 1 is 1.17 bits per heavy atom. The SMILES string of the molecule is CCOC(=O)c1cccc(-n2nc(C)c(N=Nc3cccc([N+](=O)[O-])c3)c2C)c1. The molecule has 0 aliphatic carbocycles. The topological polar surface area (TPSA) is 112 Å². The van der Waals surface area contributed by atoms with Gasteiger partial charge in [0.25, 0.3) is 5.69 Å². The van der Waals surface area contributed by atoms with Gasteiger partial charge in [-0.15, -0.1) is 5.11 Å². The Kier molecular flexibility index (Phi) is 5.77. The van der Waals surface area contributed by atoms with E-state index in [9.17, 15) is 14.9 Å². The maximum Gasteiger partial charge on any atom is 0.338 e. The molecule has 0 unspecified atom stereocenters. The molecule has 0 saturated heterocycles. The quantitative estimate of drug-likeness (QED) is 0.253. The predicted molar refractivity (Wildman–Crippen MR) is 106 cm³/mol. The van der Waals surface area contributed by atoms with E-state index in [4.69, 9.17) is 4.74 Å². The van der Waals surface area contributed by atoms with Gasteiger partial charge in [0, 0.05) is 12.1 Å². The predicted octanol–water partition coefficient (Wildman–Crippen LogP) is 4.99. The first kappa shape index (κ1) is 19.9. The summed E-state index contributed by atoms with van der Waals surface area (Å²) in [4.78, 5) is 22.4. The summed E-state index contributed by atoms with van der Waals surface area (Å²) in [5.41, 5.74) is 3.34. The molecule has 0 bridgehead atoms. The van der Waals surface area contributed by atoms with Gasteiger partial charge in [0.15, 0.2) is 0 Å². The number of aromatic nitrogens is 2. The Labute approximate surface area is 166 Å². The minimum absolute atomic E-state index is 0.0543. The van der Waals surface area contributed by atoms with Crippen molar-refractivity contribution in [2.75, 3.05) is 6.61 Å². The van der Waals surface area contributed by atoms with Crippen LogP contribution in [0.1, 0.15) is 28.7 Å². The molecule has 3 rings (SSSR count). The lowest BCUT2D eigenvalue weighted by atomic mass is 10.2. The van der Waals surface area contributed by atoms with Gasteiger partial charge < -0.3 is 4.74 Å². The Hall–Kier alpha value is -3.88. The molecule has 0 aliphatic rings. The van der Waals surface area contributed by atoms with Crippen molar-refractivity contribution >= 4 is 23.0 Å². The minimum Gasteiger partial charge on any atom is -0.462 e. The number of azo groups is 1. The monoisotopic (exact) mass is 393 g/mol. The highest BCUT2D eigenvalue weighted by molar-refractivity contribution is 5.90. The largest absolute Gasteiger partial charge is 0.462 e. The number of hydrogen-bond acceptors (Lipinski definition) is 7. The number of carbonyl (C=O) groups excluding carboxylic acids is 1. The van der Waals surface area contributed by atoms with Gasteiger partial charge in [0.05, 0.1) is 39.9 Å². The molecule has 0 radical (unpaired) electrons. The van der Waals surface area contributed by atoms with Crippen LogP contribution in [0.2, 0.25) is 0 Å². The zero-order chi connectivity index (χ0) is 21.0. The second kappa shape index (κ2) is 8.42.